The fraction of sp³-hybridized carbons (Fsp3) is 0.615. The molecule has 98 valence electrons. The highest BCUT2D eigenvalue weighted by Crippen LogP contribution is 2.31. The maximum absolute atomic E-state index is 11.8. The second kappa shape index (κ2) is 5.44. The van der Waals surface area contributed by atoms with Gasteiger partial charge >= 0.3 is 0 Å². The van der Waals surface area contributed by atoms with Crippen LogP contribution in [0, 0.1) is 5.92 Å². The highest BCUT2D eigenvalue weighted by atomic mass is 16.3. The Hall–Kier alpha value is -1.49. The molecule has 0 bridgehead atoms. The SMILES string of the molecule is CC1CCC(O)(CNC(=O)c2cncnc2)CC1. The Balaban J connectivity index is 1.86. The van der Waals surface area contributed by atoms with Gasteiger partial charge in [-0.25, -0.2) is 9.97 Å². The lowest BCUT2D eigenvalue weighted by molar-refractivity contribution is -0.00540. The van der Waals surface area contributed by atoms with Crippen molar-refractivity contribution in [3.8, 4) is 0 Å². The van der Waals surface area contributed by atoms with E-state index in [4.69, 9.17) is 0 Å². The van der Waals surface area contributed by atoms with Crippen molar-refractivity contribution in [1.82, 2.24) is 15.3 Å². The van der Waals surface area contributed by atoms with Crippen molar-refractivity contribution < 1.29 is 9.90 Å². The summed E-state index contributed by atoms with van der Waals surface area (Å²) in [4.78, 5) is 19.4. The third-order valence-electron chi connectivity index (χ3n) is 3.61. The molecule has 1 saturated carbocycles. The molecule has 0 atom stereocenters. The summed E-state index contributed by atoms with van der Waals surface area (Å²) in [5.74, 6) is 0.436. The van der Waals surface area contributed by atoms with Gasteiger partial charge in [0.15, 0.2) is 0 Å². The van der Waals surface area contributed by atoms with Crippen LogP contribution in [-0.4, -0.2) is 33.1 Å². The van der Waals surface area contributed by atoms with Crippen molar-refractivity contribution >= 4 is 5.91 Å². The third-order valence-corrected chi connectivity index (χ3v) is 3.61. The van der Waals surface area contributed by atoms with E-state index in [1.54, 1.807) is 0 Å². The average molecular weight is 249 g/mol. The lowest BCUT2D eigenvalue weighted by atomic mass is 9.79. The average Bonchev–Trinajstić information content (AvgIpc) is 2.41. The molecule has 2 N–H and O–H groups in total. The predicted octanol–water partition coefficient (Wildman–Crippen LogP) is 1.15. The Morgan fingerprint density at radius 3 is 2.67 bits per heavy atom. The quantitative estimate of drug-likeness (QED) is 0.842. The molecule has 0 aliphatic heterocycles. The largest absolute Gasteiger partial charge is 0.388 e. The fourth-order valence-electron chi connectivity index (χ4n) is 2.24. The Morgan fingerprint density at radius 2 is 2.06 bits per heavy atom. The summed E-state index contributed by atoms with van der Waals surface area (Å²) in [6, 6.07) is 0. The van der Waals surface area contributed by atoms with Crippen LogP contribution in [0.15, 0.2) is 18.7 Å². The van der Waals surface area contributed by atoms with Crippen LogP contribution in [0.3, 0.4) is 0 Å². The molecule has 1 aromatic heterocycles. The van der Waals surface area contributed by atoms with Crippen LogP contribution in [-0.2, 0) is 0 Å². The minimum absolute atomic E-state index is 0.234. The van der Waals surface area contributed by atoms with Gasteiger partial charge in [0.05, 0.1) is 11.2 Å². The summed E-state index contributed by atoms with van der Waals surface area (Å²) in [6.07, 6.45) is 7.85. The molecular formula is C13H19N3O2. The van der Waals surface area contributed by atoms with Gasteiger partial charge in [-0.1, -0.05) is 6.92 Å². The van der Waals surface area contributed by atoms with E-state index in [-0.39, 0.29) is 5.91 Å². The second-order valence-corrected chi connectivity index (χ2v) is 5.22. The van der Waals surface area contributed by atoms with Crippen molar-refractivity contribution in [2.75, 3.05) is 6.54 Å². The van der Waals surface area contributed by atoms with Crippen LogP contribution in [0.4, 0.5) is 0 Å². The molecule has 5 heteroatoms. The second-order valence-electron chi connectivity index (χ2n) is 5.22. The van der Waals surface area contributed by atoms with E-state index in [0.717, 1.165) is 25.7 Å². The zero-order valence-corrected chi connectivity index (χ0v) is 10.6. The number of aliphatic hydroxyl groups is 1. The molecule has 0 aromatic carbocycles. The van der Waals surface area contributed by atoms with Crippen LogP contribution in [0.5, 0.6) is 0 Å². The molecule has 0 saturated heterocycles. The standard InChI is InChI=1S/C13H19N3O2/c1-10-2-4-13(18,5-3-10)8-16-12(17)11-6-14-9-15-7-11/h6-7,9-10,18H,2-5,8H2,1H3,(H,16,17). The maximum Gasteiger partial charge on any atom is 0.254 e. The van der Waals surface area contributed by atoms with Crippen LogP contribution < -0.4 is 5.32 Å². The summed E-state index contributed by atoms with van der Waals surface area (Å²) < 4.78 is 0. The minimum Gasteiger partial charge on any atom is -0.388 e. The van der Waals surface area contributed by atoms with Crippen LogP contribution in [0.25, 0.3) is 0 Å². The minimum atomic E-state index is -0.752. The van der Waals surface area contributed by atoms with Crippen LogP contribution in [0.1, 0.15) is 43.0 Å². The molecule has 5 nitrogen and oxygen atoms in total. The topological polar surface area (TPSA) is 75.1 Å². The number of rotatable bonds is 3. The van der Waals surface area contributed by atoms with E-state index >= 15 is 0 Å². The Morgan fingerprint density at radius 1 is 1.44 bits per heavy atom. The van der Waals surface area contributed by atoms with Crippen molar-refractivity contribution in [3.63, 3.8) is 0 Å². The molecule has 1 heterocycles. The van der Waals surface area contributed by atoms with Crippen LogP contribution >= 0.6 is 0 Å². The molecule has 0 spiro atoms. The van der Waals surface area contributed by atoms with Crippen molar-refractivity contribution in [2.24, 2.45) is 5.92 Å². The van der Waals surface area contributed by atoms with E-state index in [2.05, 4.69) is 22.2 Å². The number of carbonyl (C=O) groups excluding carboxylic acids is 1. The van der Waals surface area contributed by atoms with Gasteiger partial charge in [-0.15, -0.1) is 0 Å². The number of hydrogen-bond donors (Lipinski definition) is 2. The van der Waals surface area contributed by atoms with Gasteiger partial charge in [0.2, 0.25) is 0 Å². The van der Waals surface area contributed by atoms with Gasteiger partial charge < -0.3 is 10.4 Å². The van der Waals surface area contributed by atoms with Crippen molar-refractivity contribution in [2.45, 2.75) is 38.2 Å². The summed E-state index contributed by atoms with van der Waals surface area (Å²) in [5, 5.41) is 13.1. The molecule has 1 fully saturated rings. The summed E-state index contributed by atoms with van der Waals surface area (Å²) in [7, 11) is 0. The maximum atomic E-state index is 11.8. The molecule has 1 aromatic rings. The zero-order chi connectivity index (χ0) is 13.0. The van der Waals surface area contributed by atoms with E-state index in [1.807, 2.05) is 0 Å². The van der Waals surface area contributed by atoms with Gasteiger partial charge in [0, 0.05) is 18.9 Å². The highest BCUT2D eigenvalue weighted by Gasteiger charge is 2.32. The number of aromatic nitrogens is 2. The smallest absolute Gasteiger partial charge is 0.254 e. The first-order chi connectivity index (χ1) is 8.59. The first-order valence-electron chi connectivity index (χ1n) is 6.35. The number of amides is 1. The number of hydrogen-bond acceptors (Lipinski definition) is 4. The van der Waals surface area contributed by atoms with Gasteiger partial charge in [-0.3, -0.25) is 4.79 Å². The van der Waals surface area contributed by atoms with Gasteiger partial charge in [-0.05, 0) is 31.6 Å². The van der Waals surface area contributed by atoms with Gasteiger partial charge in [-0.2, -0.15) is 0 Å². The number of nitrogens with zero attached hydrogens (tertiary/aromatic N) is 2. The monoisotopic (exact) mass is 249 g/mol. The number of nitrogens with one attached hydrogen (secondary N) is 1. The lowest BCUT2D eigenvalue weighted by Gasteiger charge is -2.34. The summed E-state index contributed by atoms with van der Waals surface area (Å²) in [5.41, 5.74) is -0.331. The lowest BCUT2D eigenvalue weighted by Crippen LogP contribution is -2.45. The molecule has 2 rings (SSSR count). The van der Waals surface area contributed by atoms with Crippen molar-refractivity contribution in [3.05, 3.63) is 24.3 Å². The van der Waals surface area contributed by atoms with Gasteiger partial charge in [0.1, 0.15) is 6.33 Å². The normalized spacial score (nSPS) is 27.8. The molecule has 1 aliphatic carbocycles. The van der Waals surface area contributed by atoms with Gasteiger partial charge in [0.25, 0.3) is 5.91 Å². The van der Waals surface area contributed by atoms with Crippen LogP contribution in [0.2, 0.25) is 0 Å². The first-order valence-corrected chi connectivity index (χ1v) is 6.35. The van der Waals surface area contributed by atoms with E-state index < -0.39 is 5.60 Å². The van der Waals surface area contributed by atoms with E-state index in [1.165, 1.54) is 18.7 Å². The molecule has 0 radical (unpaired) electrons. The molecular weight excluding hydrogens is 230 g/mol. The summed E-state index contributed by atoms with van der Waals surface area (Å²) >= 11 is 0. The Kier molecular flexibility index (Phi) is 3.91. The predicted molar refractivity (Wildman–Crippen MR) is 66.9 cm³/mol. The van der Waals surface area contributed by atoms with E-state index in [0.29, 0.717) is 18.0 Å². The number of carbonyl (C=O) groups is 1. The fourth-order valence-corrected chi connectivity index (χ4v) is 2.24. The Bertz CT molecular complexity index is 400. The highest BCUT2D eigenvalue weighted by molar-refractivity contribution is 5.93. The molecule has 18 heavy (non-hydrogen) atoms. The Labute approximate surface area is 107 Å². The first kappa shape index (κ1) is 13.0. The zero-order valence-electron chi connectivity index (χ0n) is 10.6. The van der Waals surface area contributed by atoms with E-state index in [9.17, 15) is 9.90 Å². The molecule has 1 aliphatic rings. The molecule has 1 amide bonds. The summed E-state index contributed by atoms with van der Waals surface area (Å²) in [6.45, 7) is 2.49. The van der Waals surface area contributed by atoms with Crippen molar-refractivity contribution in [1.29, 1.82) is 0 Å². The third kappa shape index (κ3) is 3.26. The molecule has 0 unspecified atom stereocenters.